The molecule has 240 valence electrons. The van der Waals surface area contributed by atoms with Crippen LogP contribution in [0.3, 0.4) is 0 Å². The van der Waals surface area contributed by atoms with Crippen LogP contribution < -0.4 is 15.6 Å². The van der Waals surface area contributed by atoms with Gasteiger partial charge < -0.3 is 20.0 Å². The predicted octanol–water partition coefficient (Wildman–Crippen LogP) is 4.09. The van der Waals surface area contributed by atoms with Gasteiger partial charge in [-0.2, -0.15) is 0 Å². The van der Waals surface area contributed by atoms with E-state index in [0.29, 0.717) is 29.1 Å². The molecule has 3 saturated carbocycles. The molecule has 11 nitrogen and oxygen atoms in total. The highest BCUT2D eigenvalue weighted by atomic mass is 16.8. The number of nitrogens with one attached hydrogen (secondary N) is 1. The molecular formula is C33H44N3O8-. The number of anilines is 1. The number of nitrogens with zero attached hydrogens (tertiary/aromatic N) is 2. The summed E-state index contributed by atoms with van der Waals surface area (Å²) in [5, 5.41) is 36.8. The Morgan fingerprint density at radius 3 is 2.59 bits per heavy atom. The van der Waals surface area contributed by atoms with Crippen LogP contribution in [0.15, 0.2) is 35.0 Å². The van der Waals surface area contributed by atoms with E-state index in [1.54, 1.807) is 6.92 Å². The summed E-state index contributed by atoms with van der Waals surface area (Å²) in [5.41, 5.74) is 2.47. The van der Waals surface area contributed by atoms with Crippen LogP contribution in [0.25, 0.3) is 0 Å². The summed E-state index contributed by atoms with van der Waals surface area (Å²) in [4.78, 5) is 42.9. The summed E-state index contributed by atoms with van der Waals surface area (Å²) in [6, 6.07) is 2.70. The van der Waals surface area contributed by atoms with E-state index in [-0.39, 0.29) is 34.1 Å². The molecule has 3 N–H and O–H groups in total. The Morgan fingerprint density at radius 1 is 1.11 bits per heavy atom. The molecule has 7 atom stereocenters. The molecule has 0 radical (unpaired) electrons. The van der Waals surface area contributed by atoms with Crippen molar-refractivity contribution < 1.29 is 39.5 Å². The fraction of sp³-hybridized carbons (Fsp3) is 0.636. The molecule has 4 aliphatic carbocycles. The molecule has 3 fully saturated rings. The number of benzene rings is 1. The molecule has 4 aliphatic rings. The van der Waals surface area contributed by atoms with Crippen molar-refractivity contribution >= 4 is 29.1 Å². The lowest BCUT2D eigenvalue weighted by Gasteiger charge is -2.58. The van der Waals surface area contributed by atoms with E-state index in [1.807, 2.05) is 0 Å². The van der Waals surface area contributed by atoms with E-state index in [4.69, 9.17) is 9.57 Å². The van der Waals surface area contributed by atoms with Gasteiger partial charge in [0.05, 0.1) is 18.5 Å². The van der Waals surface area contributed by atoms with Crippen molar-refractivity contribution in [2.75, 3.05) is 18.9 Å². The molecule has 0 aromatic heterocycles. The van der Waals surface area contributed by atoms with Gasteiger partial charge in [-0.15, -0.1) is 5.23 Å². The lowest BCUT2D eigenvalue weighted by Crippen LogP contribution is -2.51. The predicted molar refractivity (Wildman–Crippen MR) is 159 cm³/mol. The van der Waals surface area contributed by atoms with Crippen LogP contribution in [0.1, 0.15) is 77.7 Å². The highest BCUT2D eigenvalue weighted by molar-refractivity contribution is 5.96. The number of amides is 1. The number of ether oxygens (including phenoxy) is 1. The second kappa shape index (κ2) is 12.5. The van der Waals surface area contributed by atoms with Gasteiger partial charge in [-0.25, -0.2) is 4.79 Å². The van der Waals surface area contributed by atoms with Gasteiger partial charge in [0.15, 0.2) is 6.61 Å². The first-order valence-corrected chi connectivity index (χ1v) is 15.6. The monoisotopic (exact) mass is 610 g/mol. The number of carbonyl (C=O) groups is 3. The zero-order valence-electron chi connectivity index (χ0n) is 26.0. The second-order valence-electron chi connectivity index (χ2n) is 13.6. The first-order valence-electron chi connectivity index (χ1n) is 15.6. The third-order valence-electron chi connectivity index (χ3n) is 11.3. The number of carbonyl (C=O) groups excluding carboxylic acids is 3. The van der Waals surface area contributed by atoms with Crippen molar-refractivity contribution in [1.29, 1.82) is 0 Å². The van der Waals surface area contributed by atoms with Crippen molar-refractivity contribution in [2.45, 2.75) is 84.6 Å². The Hall–Kier alpha value is -3.44. The molecule has 44 heavy (non-hydrogen) atoms. The number of oxime groups is 1. The highest BCUT2D eigenvalue weighted by Gasteiger charge is 2.59. The van der Waals surface area contributed by atoms with Crippen LogP contribution in [0, 0.1) is 34.5 Å². The molecular weight excluding hydrogens is 566 g/mol. The number of Topliss-reactive ketones (excluding diaryl/α,β-unsaturated/α-hetero) is 1. The quantitative estimate of drug-likeness (QED) is 0.276. The zero-order chi connectivity index (χ0) is 31.8. The number of fused-ring (bicyclic) bond motifs is 5. The molecule has 1 aromatic carbocycles. The maximum absolute atomic E-state index is 12.7. The number of hydrogen-bond donors (Lipinski definition) is 3. The van der Waals surface area contributed by atoms with Gasteiger partial charge >= 0.3 is 5.97 Å². The zero-order valence-corrected chi connectivity index (χ0v) is 26.0. The maximum atomic E-state index is 12.7. The highest BCUT2D eigenvalue weighted by Crippen LogP contribution is 2.66. The number of esters is 1. The summed E-state index contributed by atoms with van der Waals surface area (Å²) in [7, 11) is 1.19. The Kier molecular flexibility index (Phi) is 9.09. The maximum Gasteiger partial charge on any atom is 0.328 e. The summed E-state index contributed by atoms with van der Waals surface area (Å²) in [6.07, 6.45) is 10.4. The van der Waals surface area contributed by atoms with Gasteiger partial charge in [0.1, 0.15) is 11.8 Å². The van der Waals surface area contributed by atoms with Crippen LogP contribution in [0.4, 0.5) is 5.69 Å². The molecule has 0 unspecified atom stereocenters. The Balaban J connectivity index is 1.19. The minimum absolute atomic E-state index is 0.0453. The third kappa shape index (κ3) is 5.96. The summed E-state index contributed by atoms with van der Waals surface area (Å²) >= 11 is 0. The van der Waals surface area contributed by atoms with E-state index in [0.717, 1.165) is 63.1 Å². The van der Waals surface area contributed by atoms with Crippen molar-refractivity contribution in [1.82, 2.24) is 5.32 Å². The number of hydrogen-bond acceptors (Lipinski definition) is 10. The minimum atomic E-state index is -1.09. The number of allylic oxidation sites excluding steroid dienone is 2. The smallest absolute Gasteiger partial charge is 0.328 e. The van der Waals surface area contributed by atoms with Crippen LogP contribution in [0.2, 0.25) is 0 Å². The minimum Gasteiger partial charge on any atom is -0.871 e. The molecule has 0 heterocycles. The molecule has 0 aliphatic heterocycles. The molecule has 0 bridgehead atoms. The SMILES string of the molecule is COC(=O)[C@H](Cc1ccc([O-])c(N(O)O)c1)NC(=O)CON=C1C=C2CC[C@@H]3[C@@H]4CC[C@@H](C(C)=O)[C@@]4(C)CC[C@@H]3[C@@]2(C)CC1. The van der Waals surface area contributed by atoms with Crippen LogP contribution in [-0.4, -0.2) is 53.5 Å². The summed E-state index contributed by atoms with van der Waals surface area (Å²) in [5.74, 6) is 0.543. The largest absolute Gasteiger partial charge is 0.871 e. The number of methoxy groups -OCH3 is 1. The van der Waals surface area contributed by atoms with E-state index >= 15 is 0 Å². The Morgan fingerprint density at radius 2 is 1.89 bits per heavy atom. The average molecular weight is 611 g/mol. The van der Waals surface area contributed by atoms with Crippen molar-refractivity contribution in [3.05, 3.63) is 35.4 Å². The van der Waals surface area contributed by atoms with E-state index < -0.39 is 30.3 Å². The van der Waals surface area contributed by atoms with E-state index in [1.165, 1.54) is 24.8 Å². The topological polar surface area (TPSA) is 161 Å². The first kappa shape index (κ1) is 32.0. The fourth-order valence-corrected chi connectivity index (χ4v) is 9.14. The third-order valence-corrected chi connectivity index (χ3v) is 11.3. The van der Waals surface area contributed by atoms with Crippen molar-refractivity contribution in [3.63, 3.8) is 0 Å². The van der Waals surface area contributed by atoms with Gasteiger partial charge in [0.2, 0.25) is 0 Å². The van der Waals surface area contributed by atoms with Crippen LogP contribution >= 0.6 is 0 Å². The average Bonchev–Trinajstić information content (AvgIpc) is 3.35. The molecule has 0 saturated heterocycles. The Bertz CT molecular complexity index is 1360. The lowest BCUT2D eigenvalue weighted by atomic mass is 9.46. The van der Waals surface area contributed by atoms with Crippen LogP contribution in [-0.2, 0) is 30.4 Å². The summed E-state index contributed by atoms with van der Waals surface area (Å²) in [6.45, 7) is 6.15. The molecule has 0 spiro atoms. The molecule has 1 aromatic rings. The van der Waals surface area contributed by atoms with Gasteiger partial charge in [-0.05, 0) is 105 Å². The van der Waals surface area contributed by atoms with Gasteiger partial charge in [-0.1, -0.05) is 42.5 Å². The normalized spacial score (nSPS) is 32.4. The Labute approximate surface area is 258 Å². The second-order valence-corrected chi connectivity index (χ2v) is 13.6. The van der Waals surface area contributed by atoms with Gasteiger partial charge in [0, 0.05) is 12.3 Å². The van der Waals surface area contributed by atoms with Crippen molar-refractivity contribution in [3.8, 4) is 5.75 Å². The first-order chi connectivity index (χ1) is 20.9. The molecule has 1 amide bonds. The number of rotatable bonds is 9. The molecule has 5 rings (SSSR count). The molecule has 11 heteroatoms. The standard InChI is InChI=1S/C33H45N3O8/c1-19(37)24-8-9-25-23-7-6-21-17-22(11-13-32(21,2)26(23)12-14-33(24,25)3)35-44-18-30(39)34-27(31(40)43-4)15-20-5-10-29(38)28(16-20)36(41)42/h5,10,16-17,23-27,38,41-42H,6-9,11-15,18H2,1-4H3,(H,34,39)/p-1/t23-,24+,25+,26+,27+,32+,33-/m1/s1. The van der Waals surface area contributed by atoms with Gasteiger partial charge in [-0.3, -0.25) is 20.0 Å². The van der Waals surface area contributed by atoms with Gasteiger partial charge in [0.25, 0.3) is 5.91 Å². The fourth-order valence-electron chi connectivity index (χ4n) is 9.14. The van der Waals surface area contributed by atoms with Crippen molar-refractivity contribution in [2.24, 2.45) is 39.7 Å². The number of ketones is 1. The van der Waals surface area contributed by atoms with Crippen LogP contribution in [0.5, 0.6) is 5.75 Å². The van der Waals surface area contributed by atoms with E-state index in [2.05, 4.69) is 30.4 Å². The summed E-state index contributed by atoms with van der Waals surface area (Å²) < 4.78 is 4.81. The van der Waals surface area contributed by atoms with E-state index in [9.17, 15) is 29.9 Å². The lowest BCUT2D eigenvalue weighted by molar-refractivity contribution is -0.268.